The largest absolute Gasteiger partial charge is 0.488 e. The molecule has 1 heterocycles. The van der Waals surface area contributed by atoms with Crippen LogP contribution < -0.4 is 4.74 Å². The van der Waals surface area contributed by atoms with Gasteiger partial charge in [-0.1, -0.05) is 47.6 Å². The second-order valence-corrected chi connectivity index (χ2v) is 7.71. The van der Waals surface area contributed by atoms with Gasteiger partial charge < -0.3 is 9.84 Å². The van der Waals surface area contributed by atoms with Gasteiger partial charge in [-0.2, -0.15) is 0 Å². The molecule has 1 aliphatic rings. The number of carboxylic acid groups (broad SMARTS) is 1. The fraction of sp³-hybridized carbons (Fsp3) is 0.500. The fourth-order valence-corrected chi connectivity index (χ4v) is 2.41. The molecular formula is C18H24O3. The van der Waals surface area contributed by atoms with Gasteiger partial charge in [0.05, 0.1) is 5.57 Å². The first-order valence-electron chi connectivity index (χ1n) is 7.26. The Bertz CT molecular complexity index is 611. The van der Waals surface area contributed by atoms with E-state index in [2.05, 4.69) is 47.6 Å². The lowest BCUT2D eigenvalue weighted by Crippen LogP contribution is -2.22. The molecule has 0 radical (unpaired) electrons. The van der Waals surface area contributed by atoms with Crippen LogP contribution in [0.15, 0.2) is 17.7 Å². The summed E-state index contributed by atoms with van der Waals surface area (Å²) in [4.78, 5) is 11.2. The molecule has 2 rings (SSSR count). The van der Waals surface area contributed by atoms with Crippen LogP contribution in [0.2, 0.25) is 0 Å². The summed E-state index contributed by atoms with van der Waals surface area (Å²) in [6, 6.07) is 4.24. The van der Waals surface area contributed by atoms with Gasteiger partial charge >= 0.3 is 5.97 Å². The Hall–Kier alpha value is -1.77. The minimum absolute atomic E-state index is 0.00367. The molecule has 1 N–H and O–H groups in total. The van der Waals surface area contributed by atoms with E-state index in [1.165, 1.54) is 5.56 Å². The van der Waals surface area contributed by atoms with Gasteiger partial charge in [-0.05, 0) is 28.5 Å². The van der Waals surface area contributed by atoms with Gasteiger partial charge in [0.1, 0.15) is 12.4 Å². The minimum atomic E-state index is -0.917. The predicted molar refractivity (Wildman–Crippen MR) is 84.9 cm³/mol. The van der Waals surface area contributed by atoms with E-state index < -0.39 is 5.97 Å². The van der Waals surface area contributed by atoms with Crippen molar-refractivity contribution in [2.45, 2.75) is 52.4 Å². The molecule has 0 atom stereocenters. The number of benzene rings is 1. The molecule has 0 aliphatic carbocycles. The number of carboxylic acids is 1. The summed E-state index contributed by atoms with van der Waals surface area (Å²) in [5.74, 6) is -0.0976. The normalized spacial score (nSPS) is 15.0. The SMILES string of the molecule is CC(C)(C)c1cc2c(c(C(C)(C)C)c1)OCC(C(=O)O)=C2. The van der Waals surface area contributed by atoms with Crippen molar-refractivity contribution in [3.05, 3.63) is 34.4 Å². The summed E-state index contributed by atoms with van der Waals surface area (Å²) >= 11 is 0. The molecule has 0 fully saturated rings. The smallest absolute Gasteiger partial charge is 0.335 e. The Kier molecular flexibility index (Phi) is 3.64. The Balaban J connectivity index is 2.70. The summed E-state index contributed by atoms with van der Waals surface area (Å²) in [6.45, 7) is 13.0. The van der Waals surface area contributed by atoms with Crippen LogP contribution in [0.1, 0.15) is 58.2 Å². The molecule has 0 aromatic heterocycles. The third-order valence-corrected chi connectivity index (χ3v) is 3.77. The summed E-state index contributed by atoms with van der Waals surface area (Å²) < 4.78 is 5.77. The second-order valence-electron chi connectivity index (χ2n) is 7.71. The highest BCUT2D eigenvalue weighted by Gasteiger charge is 2.28. The van der Waals surface area contributed by atoms with Gasteiger partial charge in [0.15, 0.2) is 0 Å². The number of rotatable bonds is 1. The number of hydrogen-bond acceptors (Lipinski definition) is 2. The van der Waals surface area contributed by atoms with Gasteiger partial charge in [-0.15, -0.1) is 0 Å². The molecular weight excluding hydrogens is 264 g/mol. The molecule has 114 valence electrons. The maximum atomic E-state index is 11.2. The zero-order valence-electron chi connectivity index (χ0n) is 13.7. The van der Waals surface area contributed by atoms with E-state index >= 15 is 0 Å². The van der Waals surface area contributed by atoms with Crippen LogP contribution in [-0.4, -0.2) is 17.7 Å². The Labute approximate surface area is 126 Å². The van der Waals surface area contributed by atoms with Gasteiger partial charge in [0, 0.05) is 11.1 Å². The average molecular weight is 288 g/mol. The molecule has 0 bridgehead atoms. The Morgan fingerprint density at radius 3 is 2.19 bits per heavy atom. The van der Waals surface area contributed by atoms with Gasteiger partial charge in [-0.3, -0.25) is 0 Å². The molecule has 0 saturated carbocycles. The highest BCUT2D eigenvalue weighted by molar-refractivity contribution is 5.94. The fourth-order valence-electron chi connectivity index (χ4n) is 2.41. The van der Waals surface area contributed by atoms with Crippen LogP contribution in [0.3, 0.4) is 0 Å². The van der Waals surface area contributed by atoms with Crippen LogP contribution in [-0.2, 0) is 15.6 Å². The van der Waals surface area contributed by atoms with Gasteiger partial charge in [0.25, 0.3) is 0 Å². The summed E-state index contributed by atoms with van der Waals surface area (Å²) in [5.41, 5.74) is 3.44. The lowest BCUT2D eigenvalue weighted by atomic mass is 9.78. The third-order valence-electron chi connectivity index (χ3n) is 3.77. The lowest BCUT2D eigenvalue weighted by molar-refractivity contribution is -0.132. The van der Waals surface area contributed by atoms with Crippen LogP contribution in [0.4, 0.5) is 0 Å². The van der Waals surface area contributed by atoms with E-state index in [4.69, 9.17) is 4.74 Å². The van der Waals surface area contributed by atoms with Crippen molar-refractivity contribution in [1.29, 1.82) is 0 Å². The van der Waals surface area contributed by atoms with Gasteiger partial charge in [-0.25, -0.2) is 4.79 Å². The van der Waals surface area contributed by atoms with E-state index in [0.717, 1.165) is 16.9 Å². The van der Waals surface area contributed by atoms with E-state index in [9.17, 15) is 9.90 Å². The van der Waals surface area contributed by atoms with Crippen molar-refractivity contribution >= 4 is 12.0 Å². The Morgan fingerprint density at radius 2 is 1.71 bits per heavy atom. The lowest BCUT2D eigenvalue weighted by Gasteiger charge is -2.30. The van der Waals surface area contributed by atoms with Crippen molar-refractivity contribution in [2.75, 3.05) is 6.61 Å². The maximum Gasteiger partial charge on any atom is 0.335 e. The first-order chi connectivity index (χ1) is 9.50. The molecule has 1 aliphatic heterocycles. The number of carbonyl (C=O) groups is 1. The molecule has 1 aromatic carbocycles. The quantitative estimate of drug-likeness (QED) is 0.844. The van der Waals surface area contributed by atoms with Gasteiger partial charge in [0.2, 0.25) is 0 Å². The Morgan fingerprint density at radius 1 is 1.10 bits per heavy atom. The molecule has 1 aromatic rings. The summed E-state index contributed by atoms with van der Waals surface area (Å²) in [6.07, 6.45) is 1.74. The first kappa shape index (κ1) is 15.6. The zero-order valence-corrected chi connectivity index (χ0v) is 13.7. The van der Waals surface area contributed by atoms with Crippen molar-refractivity contribution in [1.82, 2.24) is 0 Å². The molecule has 21 heavy (non-hydrogen) atoms. The number of hydrogen-bond donors (Lipinski definition) is 1. The molecule has 3 nitrogen and oxygen atoms in total. The topological polar surface area (TPSA) is 46.5 Å². The third kappa shape index (κ3) is 3.12. The summed E-state index contributed by atoms with van der Waals surface area (Å²) in [5, 5.41) is 9.17. The van der Waals surface area contributed by atoms with Crippen LogP contribution in [0.25, 0.3) is 6.08 Å². The number of fused-ring (bicyclic) bond motifs is 1. The molecule has 0 unspecified atom stereocenters. The predicted octanol–water partition coefficient (Wildman–Crippen LogP) is 4.14. The van der Waals surface area contributed by atoms with E-state index in [1.807, 2.05) is 6.07 Å². The molecule has 3 heteroatoms. The second kappa shape index (κ2) is 4.90. The van der Waals surface area contributed by atoms with Crippen molar-refractivity contribution in [3.63, 3.8) is 0 Å². The maximum absolute atomic E-state index is 11.2. The average Bonchev–Trinajstić information content (AvgIpc) is 2.34. The van der Waals surface area contributed by atoms with Crippen molar-refractivity contribution < 1.29 is 14.6 Å². The monoisotopic (exact) mass is 288 g/mol. The van der Waals surface area contributed by atoms with Crippen LogP contribution in [0, 0.1) is 0 Å². The first-order valence-corrected chi connectivity index (χ1v) is 7.26. The summed E-state index contributed by atoms with van der Waals surface area (Å²) in [7, 11) is 0. The van der Waals surface area contributed by atoms with E-state index in [-0.39, 0.29) is 17.4 Å². The molecule has 0 amide bonds. The zero-order chi connectivity index (χ0) is 16.0. The van der Waals surface area contributed by atoms with Crippen LogP contribution >= 0.6 is 0 Å². The molecule has 0 saturated heterocycles. The van der Waals surface area contributed by atoms with E-state index in [1.54, 1.807) is 6.08 Å². The minimum Gasteiger partial charge on any atom is -0.488 e. The number of ether oxygens (including phenoxy) is 1. The van der Waals surface area contributed by atoms with Crippen molar-refractivity contribution in [2.24, 2.45) is 0 Å². The van der Waals surface area contributed by atoms with Crippen molar-refractivity contribution in [3.8, 4) is 5.75 Å². The van der Waals surface area contributed by atoms with E-state index in [0.29, 0.717) is 5.57 Å². The number of aliphatic carboxylic acids is 1. The highest BCUT2D eigenvalue weighted by atomic mass is 16.5. The van der Waals surface area contributed by atoms with Crippen LogP contribution in [0.5, 0.6) is 5.75 Å². The highest BCUT2D eigenvalue weighted by Crippen LogP contribution is 2.40. The standard InChI is InChI=1S/C18H24O3/c1-17(2,3)13-8-11-7-12(16(19)20)10-21-15(11)14(9-13)18(4,5)6/h7-9H,10H2,1-6H3,(H,19,20). The molecule has 0 spiro atoms.